The number of nitrogens with zero attached hydrogens (tertiary/aromatic N) is 1. The molecule has 1 aromatic rings. The highest BCUT2D eigenvalue weighted by atomic mass is 79.9. The van der Waals surface area contributed by atoms with Gasteiger partial charge in [-0.3, -0.25) is 4.79 Å². The lowest BCUT2D eigenvalue weighted by Gasteiger charge is -2.36. The normalized spacial score (nSPS) is 14.2. The number of alkyl halides is 1. The summed E-state index contributed by atoms with van der Waals surface area (Å²) < 4.78 is 7.32. The molecular formula is C22H38BrN2O2+. The zero-order chi connectivity index (χ0) is 20.3. The van der Waals surface area contributed by atoms with Gasteiger partial charge in [0, 0.05) is 6.54 Å². The second-order valence-electron chi connectivity index (χ2n) is 7.63. The second kappa shape index (κ2) is 12.5. The molecule has 27 heavy (non-hydrogen) atoms. The molecule has 1 aromatic carbocycles. The molecule has 0 saturated carbocycles. The van der Waals surface area contributed by atoms with E-state index in [2.05, 4.69) is 68.0 Å². The van der Waals surface area contributed by atoms with Gasteiger partial charge in [-0.15, -0.1) is 0 Å². The summed E-state index contributed by atoms with van der Waals surface area (Å²) >= 11 is 3.50. The predicted octanol–water partition coefficient (Wildman–Crippen LogP) is 4.55. The highest BCUT2D eigenvalue weighted by Gasteiger charge is 2.23. The maximum atomic E-state index is 12.4. The number of hydrogen-bond donors (Lipinski definition) is 1. The van der Waals surface area contributed by atoms with E-state index in [-0.39, 0.29) is 16.8 Å². The van der Waals surface area contributed by atoms with Crippen LogP contribution in [0.4, 0.5) is 0 Å². The molecule has 0 bridgehead atoms. The summed E-state index contributed by atoms with van der Waals surface area (Å²) in [5, 5.41) is 3.06. The predicted molar refractivity (Wildman–Crippen MR) is 117 cm³/mol. The Morgan fingerprint density at radius 1 is 1.11 bits per heavy atom. The monoisotopic (exact) mass is 441 g/mol. The Balaban J connectivity index is 2.68. The lowest BCUT2D eigenvalue weighted by molar-refractivity contribution is -0.923. The van der Waals surface area contributed by atoms with Crippen molar-refractivity contribution in [2.45, 2.75) is 52.0 Å². The molecule has 1 N–H and O–H groups in total. The number of nitrogens with one attached hydrogen (secondary N) is 1. The summed E-state index contributed by atoms with van der Waals surface area (Å²) in [5.74, 6) is 0.512. The molecule has 4 nitrogen and oxygen atoms in total. The molecule has 0 radical (unpaired) electrons. The number of rotatable bonds is 13. The molecule has 0 spiro atoms. The van der Waals surface area contributed by atoms with Crippen molar-refractivity contribution in [2.24, 2.45) is 5.92 Å². The third-order valence-electron chi connectivity index (χ3n) is 5.49. The van der Waals surface area contributed by atoms with E-state index >= 15 is 0 Å². The van der Waals surface area contributed by atoms with Crippen molar-refractivity contribution in [1.29, 1.82) is 0 Å². The molecular weight excluding hydrogens is 404 g/mol. The van der Waals surface area contributed by atoms with Crippen molar-refractivity contribution in [3.63, 3.8) is 0 Å². The van der Waals surface area contributed by atoms with Crippen LogP contribution >= 0.6 is 15.9 Å². The fraction of sp³-hybridized carbons (Fsp3) is 0.682. The minimum Gasteiger partial charge on any atom is -0.366 e. The van der Waals surface area contributed by atoms with Crippen LogP contribution < -0.4 is 5.32 Å². The number of ether oxygens (including phenoxy) is 1. The third-order valence-corrected chi connectivity index (χ3v) is 6.28. The van der Waals surface area contributed by atoms with Gasteiger partial charge in [-0.25, -0.2) is 0 Å². The van der Waals surface area contributed by atoms with E-state index in [0.29, 0.717) is 19.1 Å². The van der Waals surface area contributed by atoms with Crippen LogP contribution in [0.15, 0.2) is 30.3 Å². The number of benzene rings is 1. The van der Waals surface area contributed by atoms with Crippen LogP contribution in [0.5, 0.6) is 0 Å². The van der Waals surface area contributed by atoms with Gasteiger partial charge >= 0.3 is 0 Å². The standard InChI is InChI=1S/C22H37BrN2O2/c1-6-25(7-2,8-3)14-15-27-21(19-12-10-9-11-13-19)17-24-22(26)20(23)16-18(4)5/h9-13,18,20-21H,6-8,14-17H2,1-5H3/p+1/t20-,21?/m0/s1. The molecule has 0 saturated heterocycles. The van der Waals surface area contributed by atoms with E-state index in [9.17, 15) is 4.79 Å². The minimum atomic E-state index is -0.154. The maximum absolute atomic E-state index is 12.4. The maximum Gasteiger partial charge on any atom is 0.233 e. The fourth-order valence-electron chi connectivity index (χ4n) is 3.30. The average Bonchev–Trinajstić information content (AvgIpc) is 2.68. The van der Waals surface area contributed by atoms with Crippen molar-refractivity contribution in [2.75, 3.05) is 39.3 Å². The number of likely N-dealkylation sites (N-methyl/N-ethyl adjacent to an activating group) is 1. The summed E-state index contributed by atoms with van der Waals surface area (Å²) in [6, 6.07) is 10.2. The van der Waals surface area contributed by atoms with Crippen molar-refractivity contribution in [1.82, 2.24) is 5.32 Å². The van der Waals surface area contributed by atoms with Gasteiger partial charge in [-0.2, -0.15) is 0 Å². The van der Waals surface area contributed by atoms with Gasteiger partial charge in [0.1, 0.15) is 12.6 Å². The van der Waals surface area contributed by atoms with Crippen LogP contribution in [0.25, 0.3) is 0 Å². The molecule has 0 aliphatic heterocycles. The van der Waals surface area contributed by atoms with Gasteiger partial charge in [-0.1, -0.05) is 60.1 Å². The number of halogens is 1. The summed E-state index contributed by atoms with van der Waals surface area (Å²) in [7, 11) is 0. The highest BCUT2D eigenvalue weighted by Crippen LogP contribution is 2.18. The lowest BCUT2D eigenvalue weighted by atomic mass is 10.1. The van der Waals surface area contributed by atoms with Gasteiger partial charge in [0.15, 0.2) is 0 Å². The number of hydrogen-bond acceptors (Lipinski definition) is 2. The van der Waals surface area contributed by atoms with Gasteiger partial charge in [0.05, 0.1) is 31.1 Å². The Morgan fingerprint density at radius 2 is 1.70 bits per heavy atom. The fourth-order valence-corrected chi connectivity index (χ4v) is 4.21. The smallest absolute Gasteiger partial charge is 0.233 e. The van der Waals surface area contributed by atoms with E-state index in [1.165, 1.54) is 0 Å². The average molecular weight is 442 g/mol. The van der Waals surface area contributed by atoms with Gasteiger partial charge in [0.2, 0.25) is 5.91 Å². The quantitative estimate of drug-likeness (QED) is 0.360. The van der Waals surface area contributed by atoms with Crippen LogP contribution in [-0.4, -0.2) is 54.5 Å². The van der Waals surface area contributed by atoms with Crippen LogP contribution in [0.3, 0.4) is 0 Å². The summed E-state index contributed by atoms with van der Waals surface area (Å²) in [6.07, 6.45) is 0.702. The van der Waals surface area contributed by atoms with E-state index in [1.807, 2.05) is 18.2 Å². The number of carbonyl (C=O) groups excluding carboxylic acids is 1. The molecule has 0 aromatic heterocycles. The Bertz CT molecular complexity index is 524. The molecule has 0 heterocycles. The van der Waals surface area contributed by atoms with E-state index in [0.717, 1.165) is 42.6 Å². The molecule has 1 unspecified atom stereocenters. The van der Waals surface area contributed by atoms with Gasteiger partial charge in [-0.05, 0) is 38.7 Å². The number of quaternary nitrogens is 1. The van der Waals surface area contributed by atoms with Crippen LogP contribution in [-0.2, 0) is 9.53 Å². The topological polar surface area (TPSA) is 38.3 Å². The molecule has 0 fully saturated rings. The summed E-state index contributed by atoms with van der Waals surface area (Å²) in [6.45, 7) is 16.5. The zero-order valence-electron chi connectivity index (χ0n) is 17.7. The van der Waals surface area contributed by atoms with E-state index in [1.54, 1.807) is 0 Å². The number of amides is 1. The first-order valence-corrected chi connectivity index (χ1v) is 11.2. The summed E-state index contributed by atoms with van der Waals surface area (Å²) in [5.41, 5.74) is 1.11. The van der Waals surface area contributed by atoms with Crippen molar-refractivity contribution < 1.29 is 14.0 Å². The van der Waals surface area contributed by atoms with Crippen molar-refractivity contribution in [3.05, 3.63) is 35.9 Å². The Morgan fingerprint density at radius 3 is 2.22 bits per heavy atom. The minimum absolute atomic E-state index is 0.0361. The van der Waals surface area contributed by atoms with E-state index in [4.69, 9.17) is 4.74 Å². The van der Waals surface area contributed by atoms with Crippen molar-refractivity contribution in [3.8, 4) is 0 Å². The molecule has 5 heteroatoms. The van der Waals surface area contributed by atoms with Crippen molar-refractivity contribution >= 4 is 21.8 Å². The first-order chi connectivity index (χ1) is 12.9. The molecule has 0 aliphatic rings. The second-order valence-corrected chi connectivity index (χ2v) is 8.73. The van der Waals surface area contributed by atoms with Crippen LogP contribution in [0.2, 0.25) is 0 Å². The first-order valence-electron chi connectivity index (χ1n) is 10.3. The Hall–Kier alpha value is -0.910. The molecule has 1 rings (SSSR count). The summed E-state index contributed by atoms with van der Waals surface area (Å²) in [4.78, 5) is 12.2. The lowest BCUT2D eigenvalue weighted by Crippen LogP contribution is -2.49. The molecule has 154 valence electrons. The molecule has 2 atom stereocenters. The zero-order valence-corrected chi connectivity index (χ0v) is 19.3. The van der Waals surface area contributed by atoms with Crippen LogP contribution in [0.1, 0.15) is 52.7 Å². The third kappa shape index (κ3) is 8.32. The van der Waals surface area contributed by atoms with Gasteiger partial charge in [0.25, 0.3) is 0 Å². The van der Waals surface area contributed by atoms with Crippen LogP contribution in [0, 0.1) is 5.92 Å². The first kappa shape index (κ1) is 24.1. The Labute approximate surface area is 174 Å². The molecule has 1 amide bonds. The van der Waals surface area contributed by atoms with Gasteiger partial charge < -0.3 is 14.5 Å². The largest absolute Gasteiger partial charge is 0.366 e. The van der Waals surface area contributed by atoms with E-state index < -0.39 is 0 Å². The SMILES string of the molecule is CC[N+](CC)(CC)CCOC(CNC(=O)[C@@H](Br)CC(C)C)c1ccccc1. The Kier molecular flexibility index (Phi) is 11.2. The molecule has 0 aliphatic carbocycles. The highest BCUT2D eigenvalue weighted by molar-refractivity contribution is 9.10. The number of carbonyl (C=O) groups is 1.